The predicted molar refractivity (Wildman–Crippen MR) is 122 cm³/mol. The van der Waals surface area contributed by atoms with Crippen LogP contribution in [-0.2, 0) is 39.7 Å². The molecule has 1 N–H and O–H groups in total. The SMILES string of the molecule is C=S(C)(=O)CCNC(=O)C1(c2c3n(c(=S)n2C)C[C@H](c2c(F)ccc(C)c2F)C3)CC1. The number of hydrogen-bond donors (Lipinski definition) is 1. The smallest absolute Gasteiger partial charge is 0.232 e. The van der Waals surface area contributed by atoms with E-state index in [0.29, 0.717) is 48.4 Å². The summed E-state index contributed by atoms with van der Waals surface area (Å²) in [4.78, 5) is 13.1. The van der Waals surface area contributed by atoms with Gasteiger partial charge in [-0.1, -0.05) is 6.07 Å². The monoisotopic (exact) mass is 467 g/mol. The van der Waals surface area contributed by atoms with Gasteiger partial charge in [0, 0.05) is 49.3 Å². The van der Waals surface area contributed by atoms with Crippen molar-refractivity contribution < 1.29 is 17.8 Å². The number of hydrogen-bond acceptors (Lipinski definition) is 3. The molecule has 1 aliphatic heterocycles. The Balaban J connectivity index is 1.66. The van der Waals surface area contributed by atoms with Gasteiger partial charge in [-0.25, -0.2) is 8.78 Å². The lowest BCUT2D eigenvalue weighted by Crippen LogP contribution is -2.38. The lowest BCUT2D eigenvalue weighted by Gasteiger charge is -2.19. The van der Waals surface area contributed by atoms with E-state index in [0.717, 1.165) is 11.4 Å². The van der Waals surface area contributed by atoms with Crippen molar-refractivity contribution in [2.45, 2.75) is 44.1 Å². The van der Waals surface area contributed by atoms with Gasteiger partial charge in [-0.3, -0.25) is 9.00 Å². The van der Waals surface area contributed by atoms with Gasteiger partial charge in [0.1, 0.15) is 11.6 Å². The summed E-state index contributed by atoms with van der Waals surface area (Å²) in [7, 11) is -0.343. The topological polar surface area (TPSA) is 56.0 Å². The first-order valence-electron chi connectivity index (χ1n) is 10.3. The fourth-order valence-electron chi connectivity index (χ4n) is 4.72. The summed E-state index contributed by atoms with van der Waals surface area (Å²) in [6.45, 7) is 2.31. The molecule has 1 aromatic heterocycles. The van der Waals surface area contributed by atoms with Crippen molar-refractivity contribution in [2.24, 2.45) is 7.05 Å². The number of imidazole rings is 1. The van der Waals surface area contributed by atoms with Crippen LogP contribution in [0.3, 0.4) is 0 Å². The van der Waals surface area contributed by atoms with Gasteiger partial charge < -0.3 is 14.5 Å². The normalized spacial score (nSPS) is 20.9. The number of benzene rings is 1. The minimum Gasteiger partial charge on any atom is -0.354 e. The number of rotatable bonds is 6. The Morgan fingerprint density at radius 3 is 2.68 bits per heavy atom. The summed E-state index contributed by atoms with van der Waals surface area (Å²) in [5.74, 6) is 2.38. The second-order valence-electron chi connectivity index (χ2n) is 8.97. The molecule has 0 saturated heterocycles. The number of halogens is 2. The number of fused-ring (bicyclic) bond motifs is 1. The third-order valence-corrected chi connectivity index (χ3v) is 8.04. The second kappa shape index (κ2) is 7.55. The number of nitrogens with zero attached hydrogens (tertiary/aromatic N) is 2. The first-order valence-corrected chi connectivity index (χ1v) is 13.0. The fourth-order valence-corrected chi connectivity index (χ4v) is 5.53. The van der Waals surface area contributed by atoms with Crippen LogP contribution in [0.15, 0.2) is 12.1 Å². The number of carbonyl (C=O) groups is 1. The van der Waals surface area contributed by atoms with Crippen LogP contribution in [0, 0.1) is 23.3 Å². The van der Waals surface area contributed by atoms with Crippen molar-refractivity contribution in [1.29, 1.82) is 0 Å². The molecule has 2 aliphatic rings. The van der Waals surface area contributed by atoms with E-state index in [1.807, 2.05) is 16.2 Å². The fraction of sp³-hybridized carbons (Fsp3) is 0.500. The van der Waals surface area contributed by atoms with E-state index < -0.39 is 26.6 Å². The molecular weight excluding hydrogens is 440 g/mol. The van der Waals surface area contributed by atoms with E-state index in [1.165, 1.54) is 12.1 Å². The maximum atomic E-state index is 14.8. The number of amides is 1. The maximum Gasteiger partial charge on any atom is 0.232 e. The molecule has 0 radical (unpaired) electrons. The van der Waals surface area contributed by atoms with E-state index in [9.17, 15) is 17.8 Å². The highest BCUT2D eigenvalue weighted by molar-refractivity contribution is 7.99. The zero-order chi connectivity index (χ0) is 22.7. The molecule has 4 rings (SSSR count). The summed E-state index contributed by atoms with van der Waals surface area (Å²) in [5.41, 5.74) is 1.51. The summed E-state index contributed by atoms with van der Waals surface area (Å²) >= 11 is 5.62. The Kier molecular flexibility index (Phi) is 5.41. The van der Waals surface area contributed by atoms with E-state index in [2.05, 4.69) is 11.2 Å². The number of carbonyl (C=O) groups excluding carboxylic acids is 1. The number of aryl methyl sites for hydroxylation is 1. The summed E-state index contributed by atoms with van der Waals surface area (Å²) in [6.07, 6.45) is 3.36. The standard InChI is InChI=1S/C22H27F2N3O2S2/c1-13-5-6-15(23)17(18(13)24)14-11-16-19(26(2)21(30)27(16)12-14)22(7-8-22)20(28)25-9-10-31(3,4)29/h5-6,14H,3,7-12H2,1-2,4H3,(H,25,28)/t14-,31?/m1/s1. The van der Waals surface area contributed by atoms with Crippen LogP contribution in [0.2, 0.25) is 0 Å². The Labute approximate surface area is 186 Å². The van der Waals surface area contributed by atoms with Crippen LogP contribution >= 0.6 is 12.2 Å². The molecule has 1 amide bonds. The molecule has 0 spiro atoms. The highest BCUT2D eigenvalue weighted by Gasteiger charge is 2.55. The third kappa shape index (κ3) is 3.75. The van der Waals surface area contributed by atoms with Crippen molar-refractivity contribution in [3.63, 3.8) is 0 Å². The second-order valence-corrected chi connectivity index (χ2v) is 12.1. The van der Waals surface area contributed by atoms with Gasteiger partial charge in [-0.05, 0) is 65.4 Å². The Morgan fingerprint density at radius 1 is 1.39 bits per heavy atom. The highest BCUT2D eigenvalue weighted by Crippen LogP contribution is 2.51. The van der Waals surface area contributed by atoms with Crippen LogP contribution < -0.4 is 5.32 Å². The van der Waals surface area contributed by atoms with Crippen molar-refractivity contribution in [2.75, 3.05) is 18.6 Å². The van der Waals surface area contributed by atoms with Crippen LogP contribution in [0.5, 0.6) is 0 Å². The number of aromatic nitrogens is 2. The quantitative estimate of drug-likeness (QED) is 0.665. The van der Waals surface area contributed by atoms with Gasteiger partial charge in [0.2, 0.25) is 5.91 Å². The lowest BCUT2D eigenvalue weighted by molar-refractivity contribution is -0.123. The molecule has 31 heavy (non-hydrogen) atoms. The molecule has 5 nitrogen and oxygen atoms in total. The van der Waals surface area contributed by atoms with Crippen LogP contribution in [0.4, 0.5) is 8.78 Å². The largest absolute Gasteiger partial charge is 0.354 e. The highest BCUT2D eigenvalue weighted by atomic mass is 32.2. The average molecular weight is 468 g/mol. The van der Waals surface area contributed by atoms with E-state index >= 15 is 0 Å². The summed E-state index contributed by atoms with van der Waals surface area (Å²) in [6, 6.07) is 2.75. The van der Waals surface area contributed by atoms with Crippen molar-refractivity contribution in [1.82, 2.24) is 14.5 Å². The van der Waals surface area contributed by atoms with Gasteiger partial charge in [0.15, 0.2) is 4.77 Å². The summed E-state index contributed by atoms with van der Waals surface area (Å²) < 4.78 is 45.4. The predicted octanol–water partition coefficient (Wildman–Crippen LogP) is 2.98. The van der Waals surface area contributed by atoms with Gasteiger partial charge >= 0.3 is 0 Å². The van der Waals surface area contributed by atoms with E-state index in [-0.39, 0.29) is 17.4 Å². The lowest BCUT2D eigenvalue weighted by atomic mass is 9.91. The molecule has 2 aromatic rings. The van der Waals surface area contributed by atoms with E-state index in [4.69, 9.17) is 12.2 Å². The van der Waals surface area contributed by atoms with Crippen molar-refractivity contribution in [3.05, 3.63) is 51.1 Å². The molecule has 2 atom stereocenters. The number of nitrogens with one attached hydrogen (secondary N) is 1. The van der Waals surface area contributed by atoms with Crippen LogP contribution in [-0.4, -0.2) is 43.7 Å². The average Bonchev–Trinajstić information content (AvgIpc) is 3.31. The molecule has 9 heteroatoms. The van der Waals surface area contributed by atoms with Crippen molar-refractivity contribution in [3.8, 4) is 0 Å². The zero-order valence-electron chi connectivity index (χ0n) is 18.0. The van der Waals surface area contributed by atoms with Gasteiger partial charge in [0.05, 0.1) is 11.1 Å². The molecule has 168 valence electrons. The minimum absolute atomic E-state index is 0.0918. The molecule has 1 aliphatic carbocycles. The molecule has 1 unspecified atom stereocenters. The van der Waals surface area contributed by atoms with E-state index in [1.54, 1.807) is 13.2 Å². The molecule has 0 bridgehead atoms. The zero-order valence-corrected chi connectivity index (χ0v) is 19.6. The van der Waals surface area contributed by atoms with Crippen LogP contribution in [0.25, 0.3) is 0 Å². The molecule has 1 fully saturated rings. The maximum absolute atomic E-state index is 14.8. The first-order chi connectivity index (χ1) is 14.5. The molecule has 1 aromatic carbocycles. The summed E-state index contributed by atoms with van der Waals surface area (Å²) in [5, 5.41) is 2.90. The molecular formula is C22H27F2N3O2S2. The van der Waals surface area contributed by atoms with Crippen LogP contribution in [0.1, 0.15) is 41.3 Å². The van der Waals surface area contributed by atoms with Gasteiger partial charge in [-0.2, -0.15) is 0 Å². The molecule has 1 saturated carbocycles. The molecule has 2 heterocycles. The van der Waals surface area contributed by atoms with Crippen molar-refractivity contribution >= 4 is 33.5 Å². The Bertz CT molecular complexity index is 1240. The minimum atomic E-state index is -2.18. The van der Waals surface area contributed by atoms with Gasteiger partial charge in [0.25, 0.3) is 0 Å². The Morgan fingerprint density at radius 2 is 2.06 bits per heavy atom. The third-order valence-electron chi connectivity index (χ3n) is 6.48. The first kappa shape index (κ1) is 22.2. The Hall–Kier alpha value is -2.00. The van der Waals surface area contributed by atoms with Gasteiger partial charge in [-0.15, -0.1) is 0 Å².